The van der Waals surface area contributed by atoms with E-state index >= 15 is 0 Å². The summed E-state index contributed by atoms with van der Waals surface area (Å²) in [5, 5.41) is 12.9. The summed E-state index contributed by atoms with van der Waals surface area (Å²) in [5.41, 5.74) is -0.372. The van der Waals surface area contributed by atoms with Crippen LogP contribution >= 0.6 is 0 Å². The molecule has 1 aliphatic rings. The lowest BCUT2D eigenvalue weighted by Crippen LogP contribution is -2.38. The molecule has 1 N–H and O–H groups in total. The largest absolute Gasteiger partial charge is 0.479 e. The molecule has 8 heteroatoms. The number of halogens is 1. The van der Waals surface area contributed by atoms with E-state index in [0.717, 1.165) is 11.3 Å². The van der Waals surface area contributed by atoms with Gasteiger partial charge >= 0.3 is 5.97 Å². The molecule has 2 heterocycles. The van der Waals surface area contributed by atoms with Crippen LogP contribution in [-0.4, -0.2) is 55.4 Å². The van der Waals surface area contributed by atoms with Crippen molar-refractivity contribution >= 4 is 11.9 Å². The minimum atomic E-state index is -2.36. The number of hydrogen-bond donors (Lipinski definition) is 1. The lowest BCUT2D eigenvalue weighted by atomic mass is 10.1. The number of benzene rings is 1. The summed E-state index contributed by atoms with van der Waals surface area (Å²) >= 11 is 0. The molecule has 1 unspecified atom stereocenters. The van der Waals surface area contributed by atoms with Crippen molar-refractivity contribution in [1.82, 2.24) is 19.7 Å². The van der Waals surface area contributed by atoms with Crippen molar-refractivity contribution in [3.05, 3.63) is 42.0 Å². The topological polar surface area (TPSA) is 88.3 Å². The minimum Gasteiger partial charge on any atom is -0.479 e. The lowest BCUT2D eigenvalue weighted by molar-refractivity contribution is -0.149. The van der Waals surface area contributed by atoms with E-state index in [9.17, 15) is 14.0 Å². The van der Waals surface area contributed by atoms with Gasteiger partial charge in [0.15, 0.2) is 0 Å². The van der Waals surface area contributed by atoms with E-state index in [1.165, 1.54) is 11.2 Å². The number of aryl methyl sites for hydroxylation is 1. The van der Waals surface area contributed by atoms with Gasteiger partial charge in [-0.3, -0.25) is 4.79 Å². The molecule has 23 heavy (non-hydrogen) atoms. The molecule has 1 saturated heterocycles. The molecular formula is C15H15FN4O3. The maximum absolute atomic E-state index is 14.1. The van der Waals surface area contributed by atoms with E-state index in [-0.39, 0.29) is 18.9 Å². The third-order valence-electron chi connectivity index (χ3n) is 4.00. The number of nitrogens with zero attached hydrogens (tertiary/aromatic N) is 4. The quantitative estimate of drug-likeness (QED) is 0.919. The Bertz CT molecular complexity index is 762. The molecule has 0 spiro atoms. The zero-order chi connectivity index (χ0) is 16.6. The van der Waals surface area contributed by atoms with E-state index < -0.39 is 18.2 Å². The first-order valence-electron chi connectivity index (χ1n) is 7.08. The number of aromatic nitrogens is 3. The molecule has 1 aromatic heterocycles. The highest BCUT2D eigenvalue weighted by Crippen LogP contribution is 2.27. The molecule has 3 rings (SSSR count). The minimum absolute atomic E-state index is 0.0888. The normalized spacial score (nSPS) is 20.7. The van der Waals surface area contributed by atoms with Gasteiger partial charge in [-0.1, -0.05) is 0 Å². The average Bonchev–Trinajstić information content (AvgIpc) is 3.17. The van der Waals surface area contributed by atoms with Gasteiger partial charge in [0.25, 0.3) is 5.91 Å². The number of hydrogen-bond acceptors (Lipinski definition) is 4. The number of carbonyl (C=O) groups is 2. The molecule has 1 atom stereocenters. The van der Waals surface area contributed by atoms with Crippen LogP contribution in [0.3, 0.4) is 0 Å². The monoisotopic (exact) mass is 318 g/mol. The van der Waals surface area contributed by atoms with Crippen LogP contribution in [0.4, 0.5) is 4.39 Å². The number of amides is 1. The third-order valence-corrected chi connectivity index (χ3v) is 4.00. The Kier molecular flexibility index (Phi) is 3.59. The maximum atomic E-state index is 14.1. The summed E-state index contributed by atoms with van der Waals surface area (Å²) in [4.78, 5) is 28.5. The highest BCUT2D eigenvalue weighted by atomic mass is 19.1. The Balaban J connectivity index is 1.82. The van der Waals surface area contributed by atoms with Crippen LogP contribution in [0.5, 0.6) is 0 Å². The number of likely N-dealkylation sites (tertiary alicyclic amines) is 1. The zero-order valence-corrected chi connectivity index (χ0v) is 12.4. The number of aliphatic carboxylic acids is 1. The van der Waals surface area contributed by atoms with E-state index in [4.69, 9.17) is 5.11 Å². The van der Waals surface area contributed by atoms with Crippen LogP contribution in [0.25, 0.3) is 5.69 Å². The fraction of sp³-hybridized carbons (Fsp3) is 0.333. The van der Waals surface area contributed by atoms with E-state index in [0.29, 0.717) is 5.56 Å². The highest BCUT2D eigenvalue weighted by molar-refractivity contribution is 5.95. The van der Waals surface area contributed by atoms with Crippen molar-refractivity contribution in [1.29, 1.82) is 0 Å². The highest BCUT2D eigenvalue weighted by Gasteiger charge is 2.46. The molecule has 1 aromatic carbocycles. The molecule has 7 nitrogen and oxygen atoms in total. The molecule has 120 valence electrons. The fourth-order valence-electron chi connectivity index (χ4n) is 2.68. The molecule has 1 aliphatic heterocycles. The Hall–Kier alpha value is -2.77. The van der Waals surface area contributed by atoms with Crippen LogP contribution in [0.15, 0.2) is 30.9 Å². The first kappa shape index (κ1) is 15.1. The molecule has 0 bridgehead atoms. The Morgan fingerprint density at radius 2 is 2.17 bits per heavy atom. The molecule has 0 aliphatic carbocycles. The van der Waals surface area contributed by atoms with Crippen LogP contribution in [-0.2, 0) is 4.79 Å². The van der Waals surface area contributed by atoms with Crippen LogP contribution < -0.4 is 0 Å². The Morgan fingerprint density at radius 3 is 2.74 bits per heavy atom. The van der Waals surface area contributed by atoms with Crippen molar-refractivity contribution in [3.8, 4) is 5.69 Å². The van der Waals surface area contributed by atoms with Crippen LogP contribution in [0, 0.1) is 6.92 Å². The predicted molar refractivity (Wildman–Crippen MR) is 78.1 cm³/mol. The van der Waals surface area contributed by atoms with Crippen molar-refractivity contribution in [2.45, 2.75) is 19.0 Å². The summed E-state index contributed by atoms with van der Waals surface area (Å²) in [7, 11) is 0. The van der Waals surface area contributed by atoms with Crippen LogP contribution in [0.1, 0.15) is 22.3 Å². The fourth-order valence-corrected chi connectivity index (χ4v) is 2.68. The predicted octanol–water partition coefficient (Wildman–Crippen LogP) is 1.21. The second kappa shape index (κ2) is 5.45. The van der Waals surface area contributed by atoms with Gasteiger partial charge in [-0.2, -0.15) is 5.10 Å². The smallest absolute Gasteiger partial charge is 0.343 e. The van der Waals surface area contributed by atoms with Gasteiger partial charge in [0, 0.05) is 18.5 Å². The van der Waals surface area contributed by atoms with Gasteiger partial charge in [0.2, 0.25) is 5.67 Å². The number of rotatable bonds is 3. The van der Waals surface area contributed by atoms with Crippen LogP contribution in [0.2, 0.25) is 0 Å². The van der Waals surface area contributed by atoms with Crippen molar-refractivity contribution in [3.63, 3.8) is 0 Å². The SMILES string of the molecule is Cc1cc(C(=O)N2CCC(F)(C(=O)O)C2)ccc1-n1cncn1. The molecule has 1 amide bonds. The second-order valence-corrected chi connectivity index (χ2v) is 5.59. The van der Waals surface area contributed by atoms with Crippen molar-refractivity contribution < 1.29 is 19.1 Å². The third kappa shape index (κ3) is 2.67. The first-order valence-corrected chi connectivity index (χ1v) is 7.08. The Labute approximate surface area is 131 Å². The van der Waals surface area contributed by atoms with Gasteiger partial charge in [-0.15, -0.1) is 0 Å². The molecule has 0 saturated carbocycles. The molecule has 2 aromatic rings. The second-order valence-electron chi connectivity index (χ2n) is 5.59. The summed E-state index contributed by atoms with van der Waals surface area (Å²) < 4.78 is 15.7. The number of carboxylic acid groups (broad SMARTS) is 1. The van der Waals surface area contributed by atoms with Gasteiger partial charge in [-0.25, -0.2) is 18.9 Å². The molecule has 0 radical (unpaired) electrons. The standard InChI is InChI=1S/C15H15FN4O3/c1-10-6-11(2-3-12(10)20-9-17-8-18-20)13(21)19-5-4-15(16,7-19)14(22)23/h2-3,6,8-9H,4-5,7H2,1H3,(H,22,23). The van der Waals surface area contributed by atoms with E-state index in [2.05, 4.69) is 10.1 Å². The zero-order valence-electron chi connectivity index (χ0n) is 12.4. The van der Waals surface area contributed by atoms with E-state index in [1.807, 2.05) is 6.92 Å². The first-order chi connectivity index (χ1) is 10.9. The molecular weight excluding hydrogens is 303 g/mol. The number of alkyl halides is 1. The average molecular weight is 318 g/mol. The maximum Gasteiger partial charge on any atom is 0.343 e. The van der Waals surface area contributed by atoms with E-state index in [1.54, 1.807) is 29.2 Å². The summed E-state index contributed by atoms with van der Waals surface area (Å²) in [6, 6.07) is 5.02. The number of carbonyl (C=O) groups excluding carboxylic acids is 1. The van der Waals surface area contributed by atoms with Gasteiger partial charge in [-0.05, 0) is 30.7 Å². The van der Waals surface area contributed by atoms with Crippen molar-refractivity contribution in [2.75, 3.05) is 13.1 Å². The van der Waals surface area contributed by atoms with Gasteiger partial charge in [0.1, 0.15) is 12.7 Å². The van der Waals surface area contributed by atoms with Gasteiger partial charge in [0.05, 0.1) is 12.2 Å². The number of carboxylic acids is 1. The Morgan fingerprint density at radius 1 is 1.39 bits per heavy atom. The summed E-state index contributed by atoms with van der Waals surface area (Å²) in [6.45, 7) is 1.49. The summed E-state index contributed by atoms with van der Waals surface area (Å²) in [6.07, 6.45) is 2.77. The van der Waals surface area contributed by atoms with Gasteiger partial charge < -0.3 is 10.0 Å². The lowest BCUT2D eigenvalue weighted by Gasteiger charge is -2.18. The summed E-state index contributed by atoms with van der Waals surface area (Å²) in [5.74, 6) is -1.90. The van der Waals surface area contributed by atoms with Crippen molar-refractivity contribution in [2.24, 2.45) is 0 Å². The molecule has 1 fully saturated rings.